The van der Waals surface area contributed by atoms with Crippen LogP contribution in [0.2, 0.25) is 0 Å². The second-order valence-corrected chi connectivity index (χ2v) is 5.93. The zero-order chi connectivity index (χ0) is 20.0. The van der Waals surface area contributed by atoms with Gasteiger partial charge in [0, 0.05) is 6.07 Å². The molecule has 0 fully saturated rings. The van der Waals surface area contributed by atoms with Crippen molar-refractivity contribution in [2.45, 2.75) is 25.4 Å². The van der Waals surface area contributed by atoms with Gasteiger partial charge in [-0.15, -0.1) is 0 Å². The quantitative estimate of drug-likeness (QED) is 0.688. The predicted molar refractivity (Wildman–Crippen MR) is 92.6 cm³/mol. The highest BCUT2D eigenvalue weighted by molar-refractivity contribution is 5.91. The summed E-state index contributed by atoms with van der Waals surface area (Å²) in [5.74, 6) is -4.20. The standard InChI is InChI=1S/C19H18F2N2O4/c1-11(22-16(24)9-12-7-14(20)10-15(21)8-12)18(25)23-17(19(26)27)13-5-3-2-4-6-13/h2-8,10-11,17H,9H2,1H3,(H,22,24)(H,23,25)(H,26,27)/t11-,17-/m0/s1. The highest BCUT2D eigenvalue weighted by Crippen LogP contribution is 2.13. The third kappa shape index (κ3) is 5.88. The smallest absolute Gasteiger partial charge is 0.330 e. The Morgan fingerprint density at radius 1 is 1.00 bits per heavy atom. The number of amides is 2. The van der Waals surface area contributed by atoms with E-state index in [4.69, 9.17) is 0 Å². The van der Waals surface area contributed by atoms with Crippen molar-refractivity contribution in [3.63, 3.8) is 0 Å². The van der Waals surface area contributed by atoms with E-state index in [-0.39, 0.29) is 12.0 Å². The Balaban J connectivity index is 1.97. The summed E-state index contributed by atoms with van der Waals surface area (Å²) in [7, 11) is 0. The van der Waals surface area contributed by atoms with E-state index < -0.39 is 41.5 Å². The van der Waals surface area contributed by atoms with Crippen LogP contribution in [0, 0.1) is 11.6 Å². The van der Waals surface area contributed by atoms with E-state index in [1.54, 1.807) is 30.3 Å². The van der Waals surface area contributed by atoms with Crippen LogP contribution in [0.3, 0.4) is 0 Å². The number of hydrogen-bond donors (Lipinski definition) is 3. The number of hydrogen-bond acceptors (Lipinski definition) is 3. The molecule has 0 saturated heterocycles. The molecule has 0 aliphatic heterocycles. The van der Waals surface area contributed by atoms with Gasteiger partial charge in [0.05, 0.1) is 6.42 Å². The van der Waals surface area contributed by atoms with Crippen LogP contribution in [-0.2, 0) is 20.8 Å². The fourth-order valence-corrected chi connectivity index (χ4v) is 2.46. The minimum absolute atomic E-state index is 0.116. The summed E-state index contributed by atoms with van der Waals surface area (Å²) >= 11 is 0. The lowest BCUT2D eigenvalue weighted by atomic mass is 10.1. The van der Waals surface area contributed by atoms with E-state index in [1.165, 1.54) is 6.92 Å². The van der Waals surface area contributed by atoms with Crippen molar-refractivity contribution in [1.82, 2.24) is 10.6 Å². The highest BCUT2D eigenvalue weighted by Gasteiger charge is 2.25. The van der Waals surface area contributed by atoms with Gasteiger partial charge in [0.25, 0.3) is 0 Å². The van der Waals surface area contributed by atoms with Crippen LogP contribution < -0.4 is 10.6 Å². The molecule has 0 unspecified atom stereocenters. The first-order valence-corrected chi connectivity index (χ1v) is 8.08. The van der Waals surface area contributed by atoms with Crippen molar-refractivity contribution in [1.29, 1.82) is 0 Å². The third-order valence-electron chi connectivity index (χ3n) is 3.72. The molecule has 0 aromatic heterocycles. The molecule has 8 heteroatoms. The molecule has 0 saturated carbocycles. The first kappa shape index (κ1) is 20.0. The number of nitrogens with one attached hydrogen (secondary N) is 2. The van der Waals surface area contributed by atoms with Gasteiger partial charge in [-0.05, 0) is 30.2 Å². The second-order valence-electron chi connectivity index (χ2n) is 5.93. The van der Waals surface area contributed by atoms with Gasteiger partial charge in [0.1, 0.15) is 17.7 Å². The van der Waals surface area contributed by atoms with Crippen LogP contribution in [0.4, 0.5) is 8.78 Å². The third-order valence-corrected chi connectivity index (χ3v) is 3.72. The number of aliphatic carboxylic acids is 1. The van der Waals surface area contributed by atoms with Gasteiger partial charge in [-0.1, -0.05) is 30.3 Å². The van der Waals surface area contributed by atoms with Crippen LogP contribution in [0.25, 0.3) is 0 Å². The molecule has 6 nitrogen and oxygen atoms in total. The number of halogens is 2. The van der Waals surface area contributed by atoms with Crippen LogP contribution in [0.15, 0.2) is 48.5 Å². The lowest BCUT2D eigenvalue weighted by Crippen LogP contribution is -2.47. The normalized spacial score (nSPS) is 12.7. The molecule has 2 amide bonds. The molecule has 0 spiro atoms. The number of benzene rings is 2. The lowest BCUT2D eigenvalue weighted by molar-refractivity contribution is -0.142. The Labute approximate surface area is 154 Å². The SMILES string of the molecule is C[C@H](NC(=O)Cc1cc(F)cc(F)c1)C(=O)N[C@H](C(=O)O)c1ccccc1. The summed E-state index contributed by atoms with van der Waals surface area (Å²) < 4.78 is 26.3. The minimum atomic E-state index is -1.27. The molecule has 2 aromatic carbocycles. The molecule has 3 N–H and O–H groups in total. The fraction of sp³-hybridized carbons (Fsp3) is 0.211. The maximum absolute atomic E-state index is 13.2. The molecule has 0 bridgehead atoms. The maximum Gasteiger partial charge on any atom is 0.330 e. The Hall–Kier alpha value is -3.29. The summed E-state index contributed by atoms with van der Waals surface area (Å²) in [5.41, 5.74) is 0.498. The summed E-state index contributed by atoms with van der Waals surface area (Å²) in [6.07, 6.45) is -0.326. The summed E-state index contributed by atoms with van der Waals surface area (Å²) in [4.78, 5) is 35.6. The lowest BCUT2D eigenvalue weighted by Gasteiger charge is -2.19. The second kappa shape index (κ2) is 8.88. The molecule has 0 radical (unpaired) electrons. The zero-order valence-corrected chi connectivity index (χ0v) is 14.4. The highest BCUT2D eigenvalue weighted by atomic mass is 19.1. The van der Waals surface area contributed by atoms with E-state index in [9.17, 15) is 28.3 Å². The van der Waals surface area contributed by atoms with Crippen molar-refractivity contribution in [2.24, 2.45) is 0 Å². The number of carboxylic acids is 1. The van der Waals surface area contributed by atoms with Crippen LogP contribution in [0.5, 0.6) is 0 Å². The minimum Gasteiger partial charge on any atom is -0.479 e. The molecular formula is C19H18F2N2O4. The van der Waals surface area contributed by atoms with E-state index in [0.717, 1.165) is 12.1 Å². The molecule has 2 rings (SSSR count). The molecule has 0 aliphatic carbocycles. The molecule has 27 heavy (non-hydrogen) atoms. The maximum atomic E-state index is 13.2. The van der Waals surface area contributed by atoms with Crippen molar-refractivity contribution in [3.05, 3.63) is 71.3 Å². The molecule has 2 aromatic rings. The van der Waals surface area contributed by atoms with Crippen molar-refractivity contribution in [3.8, 4) is 0 Å². The van der Waals surface area contributed by atoms with Crippen molar-refractivity contribution < 1.29 is 28.3 Å². The average molecular weight is 376 g/mol. The molecule has 142 valence electrons. The Morgan fingerprint density at radius 2 is 1.59 bits per heavy atom. The van der Waals surface area contributed by atoms with Crippen molar-refractivity contribution in [2.75, 3.05) is 0 Å². The predicted octanol–water partition coefficient (Wildman–Crippen LogP) is 1.95. The summed E-state index contributed by atoms with van der Waals surface area (Å²) in [5, 5.41) is 14.0. The van der Waals surface area contributed by atoms with Gasteiger partial charge in [-0.3, -0.25) is 9.59 Å². The number of carbonyl (C=O) groups excluding carboxylic acids is 2. The Morgan fingerprint density at radius 3 is 2.15 bits per heavy atom. The van der Waals surface area contributed by atoms with Gasteiger partial charge >= 0.3 is 5.97 Å². The van der Waals surface area contributed by atoms with Gasteiger partial charge in [-0.25, -0.2) is 13.6 Å². The molecule has 0 heterocycles. The average Bonchev–Trinajstić information content (AvgIpc) is 2.58. The van der Waals surface area contributed by atoms with Crippen LogP contribution >= 0.6 is 0 Å². The van der Waals surface area contributed by atoms with Gasteiger partial charge in [0.15, 0.2) is 6.04 Å². The summed E-state index contributed by atoms with van der Waals surface area (Å²) in [6, 6.07) is 8.52. The van der Waals surface area contributed by atoms with E-state index in [2.05, 4.69) is 10.6 Å². The molecule has 0 aliphatic rings. The largest absolute Gasteiger partial charge is 0.479 e. The van der Waals surface area contributed by atoms with E-state index in [0.29, 0.717) is 11.6 Å². The Kier molecular flexibility index (Phi) is 6.59. The molecular weight excluding hydrogens is 358 g/mol. The summed E-state index contributed by atoms with van der Waals surface area (Å²) in [6.45, 7) is 1.38. The number of rotatable bonds is 7. The van der Waals surface area contributed by atoms with Gasteiger partial charge in [-0.2, -0.15) is 0 Å². The van der Waals surface area contributed by atoms with Crippen LogP contribution in [0.1, 0.15) is 24.1 Å². The number of carboxylic acid groups (broad SMARTS) is 1. The first-order valence-electron chi connectivity index (χ1n) is 8.08. The topological polar surface area (TPSA) is 95.5 Å². The molecule has 2 atom stereocenters. The van der Waals surface area contributed by atoms with Gasteiger partial charge in [0.2, 0.25) is 11.8 Å². The zero-order valence-electron chi connectivity index (χ0n) is 14.4. The van der Waals surface area contributed by atoms with Gasteiger partial charge < -0.3 is 15.7 Å². The van der Waals surface area contributed by atoms with E-state index >= 15 is 0 Å². The number of carbonyl (C=O) groups is 3. The van der Waals surface area contributed by atoms with Crippen molar-refractivity contribution >= 4 is 17.8 Å². The first-order chi connectivity index (χ1) is 12.8. The fourth-order valence-electron chi connectivity index (χ4n) is 2.46. The van der Waals surface area contributed by atoms with Crippen LogP contribution in [-0.4, -0.2) is 28.9 Å². The Bertz CT molecular complexity index is 823. The monoisotopic (exact) mass is 376 g/mol. The van der Waals surface area contributed by atoms with E-state index in [1.807, 2.05) is 0 Å².